The SMILES string of the molecule is CO[C@H]1CN(C)C(=O)c2ccc(NC(=O)Cc3ccccc3)cc2OC[C@@H](C)N(C(=O)c2ccccc2F)C[C@@H]1C. The monoisotopic (exact) mass is 561 g/mol. The predicted octanol–water partition coefficient (Wildman–Crippen LogP) is 4.65. The lowest BCUT2D eigenvalue weighted by molar-refractivity contribution is -0.115. The van der Waals surface area contributed by atoms with Gasteiger partial charge in [-0.3, -0.25) is 14.4 Å². The Labute approximate surface area is 240 Å². The molecule has 0 fully saturated rings. The van der Waals surface area contributed by atoms with Crippen LogP contribution in [-0.2, 0) is 16.0 Å². The Balaban J connectivity index is 1.64. The van der Waals surface area contributed by atoms with Gasteiger partial charge in [0.05, 0.1) is 29.7 Å². The summed E-state index contributed by atoms with van der Waals surface area (Å²) in [6.07, 6.45) is -0.186. The van der Waals surface area contributed by atoms with E-state index in [0.717, 1.165) is 5.56 Å². The molecule has 0 unspecified atom stereocenters. The Morgan fingerprint density at radius 1 is 1.02 bits per heavy atom. The zero-order valence-corrected chi connectivity index (χ0v) is 23.8. The zero-order valence-electron chi connectivity index (χ0n) is 23.8. The highest BCUT2D eigenvalue weighted by Gasteiger charge is 2.31. The predicted molar refractivity (Wildman–Crippen MR) is 155 cm³/mol. The summed E-state index contributed by atoms with van der Waals surface area (Å²) in [6.45, 7) is 4.32. The van der Waals surface area contributed by atoms with Gasteiger partial charge in [-0.15, -0.1) is 0 Å². The Hall–Kier alpha value is -4.24. The zero-order chi connectivity index (χ0) is 29.5. The minimum Gasteiger partial charge on any atom is -0.491 e. The maximum Gasteiger partial charge on any atom is 0.257 e. The van der Waals surface area contributed by atoms with Gasteiger partial charge in [-0.05, 0) is 36.8 Å². The fraction of sp³-hybridized carbons (Fsp3) is 0.344. The average Bonchev–Trinajstić information content (AvgIpc) is 2.96. The highest BCUT2D eigenvalue weighted by atomic mass is 19.1. The number of carbonyl (C=O) groups excluding carboxylic acids is 3. The van der Waals surface area contributed by atoms with E-state index in [9.17, 15) is 18.8 Å². The first-order valence-electron chi connectivity index (χ1n) is 13.6. The molecule has 0 aromatic heterocycles. The first kappa shape index (κ1) is 29.7. The van der Waals surface area contributed by atoms with Crippen molar-refractivity contribution in [3.05, 3.63) is 95.3 Å². The van der Waals surface area contributed by atoms with E-state index >= 15 is 0 Å². The van der Waals surface area contributed by atoms with Crippen molar-refractivity contribution >= 4 is 23.4 Å². The van der Waals surface area contributed by atoms with Crippen molar-refractivity contribution in [2.75, 3.05) is 39.2 Å². The lowest BCUT2D eigenvalue weighted by Gasteiger charge is -2.36. The van der Waals surface area contributed by atoms with Crippen LogP contribution >= 0.6 is 0 Å². The van der Waals surface area contributed by atoms with E-state index < -0.39 is 17.8 Å². The summed E-state index contributed by atoms with van der Waals surface area (Å²) in [6, 6.07) is 19.7. The van der Waals surface area contributed by atoms with Gasteiger partial charge < -0.3 is 24.6 Å². The van der Waals surface area contributed by atoms with Gasteiger partial charge in [0, 0.05) is 44.9 Å². The van der Waals surface area contributed by atoms with E-state index in [1.54, 1.807) is 54.3 Å². The van der Waals surface area contributed by atoms with E-state index in [1.807, 2.05) is 44.2 Å². The summed E-state index contributed by atoms with van der Waals surface area (Å²) >= 11 is 0. The van der Waals surface area contributed by atoms with Crippen LogP contribution in [0.1, 0.15) is 40.1 Å². The molecule has 0 bridgehead atoms. The Morgan fingerprint density at radius 3 is 2.44 bits per heavy atom. The molecule has 3 aromatic carbocycles. The molecule has 0 radical (unpaired) electrons. The number of fused-ring (bicyclic) bond motifs is 1. The molecule has 8 nitrogen and oxygen atoms in total. The lowest BCUT2D eigenvalue weighted by Crippen LogP contribution is -2.48. The molecule has 216 valence electrons. The summed E-state index contributed by atoms with van der Waals surface area (Å²) in [5.74, 6) is -1.42. The number of methoxy groups -OCH3 is 1. The van der Waals surface area contributed by atoms with E-state index in [1.165, 1.54) is 12.1 Å². The molecule has 1 aliphatic heterocycles. The highest BCUT2D eigenvalue weighted by Crippen LogP contribution is 2.27. The van der Waals surface area contributed by atoms with Crippen molar-refractivity contribution in [2.24, 2.45) is 5.92 Å². The van der Waals surface area contributed by atoms with Gasteiger partial charge in [0.25, 0.3) is 11.8 Å². The van der Waals surface area contributed by atoms with E-state index in [-0.39, 0.29) is 61.3 Å². The average molecular weight is 562 g/mol. The summed E-state index contributed by atoms with van der Waals surface area (Å²) in [7, 11) is 3.25. The number of halogens is 1. The van der Waals surface area contributed by atoms with Crippen molar-refractivity contribution in [2.45, 2.75) is 32.4 Å². The molecule has 3 amide bonds. The normalized spacial score (nSPS) is 19.8. The van der Waals surface area contributed by atoms with Crippen molar-refractivity contribution in [1.29, 1.82) is 0 Å². The minimum atomic E-state index is -0.598. The van der Waals surface area contributed by atoms with Crippen molar-refractivity contribution < 1.29 is 28.2 Å². The molecular formula is C32H36FN3O5. The fourth-order valence-electron chi connectivity index (χ4n) is 4.91. The minimum absolute atomic E-state index is 0.0243. The van der Waals surface area contributed by atoms with Gasteiger partial charge in [-0.2, -0.15) is 0 Å². The van der Waals surface area contributed by atoms with E-state index in [2.05, 4.69) is 5.32 Å². The number of carbonyl (C=O) groups is 3. The van der Waals surface area contributed by atoms with Crippen molar-refractivity contribution in [1.82, 2.24) is 9.80 Å². The van der Waals surface area contributed by atoms with Gasteiger partial charge in [-0.25, -0.2) is 4.39 Å². The molecule has 4 rings (SSSR count). The summed E-state index contributed by atoms with van der Waals surface area (Å²) in [5.41, 5.74) is 1.64. The molecule has 9 heteroatoms. The molecule has 0 spiro atoms. The van der Waals surface area contributed by atoms with Crippen molar-refractivity contribution in [3.8, 4) is 5.75 Å². The molecule has 3 aromatic rings. The molecule has 3 atom stereocenters. The smallest absolute Gasteiger partial charge is 0.257 e. The van der Waals surface area contributed by atoms with Crippen molar-refractivity contribution in [3.63, 3.8) is 0 Å². The van der Waals surface area contributed by atoms with E-state index in [4.69, 9.17) is 9.47 Å². The molecule has 0 aliphatic carbocycles. The number of hydrogen-bond donors (Lipinski definition) is 1. The number of likely N-dealkylation sites (N-methyl/N-ethyl adjacent to an activating group) is 1. The Kier molecular flexibility index (Phi) is 9.73. The summed E-state index contributed by atoms with van der Waals surface area (Å²) in [4.78, 5) is 42.8. The maximum atomic E-state index is 14.6. The molecular weight excluding hydrogens is 525 g/mol. The van der Waals surface area contributed by atoms with Crippen LogP contribution in [0.3, 0.4) is 0 Å². The third-order valence-corrected chi connectivity index (χ3v) is 7.30. The quantitative estimate of drug-likeness (QED) is 0.490. The number of nitrogens with one attached hydrogen (secondary N) is 1. The first-order chi connectivity index (χ1) is 19.7. The molecule has 0 saturated carbocycles. The summed E-state index contributed by atoms with van der Waals surface area (Å²) in [5, 5.41) is 2.87. The van der Waals surface area contributed by atoms with Gasteiger partial charge in [0.15, 0.2) is 0 Å². The molecule has 1 heterocycles. The Morgan fingerprint density at radius 2 is 1.73 bits per heavy atom. The fourth-order valence-corrected chi connectivity index (χ4v) is 4.91. The third kappa shape index (κ3) is 7.29. The van der Waals surface area contributed by atoms with Gasteiger partial charge in [0.1, 0.15) is 18.2 Å². The molecule has 0 saturated heterocycles. The van der Waals surface area contributed by atoms with Crippen LogP contribution in [0, 0.1) is 11.7 Å². The molecule has 41 heavy (non-hydrogen) atoms. The largest absolute Gasteiger partial charge is 0.491 e. The lowest BCUT2D eigenvalue weighted by atomic mass is 10.0. The third-order valence-electron chi connectivity index (χ3n) is 7.30. The Bertz CT molecular complexity index is 1380. The first-order valence-corrected chi connectivity index (χ1v) is 13.6. The highest BCUT2D eigenvalue weighted by molar-refractivity contribution is 5.99. The molecule has 1 aliphatic rings. The van der Waals surface area contributed by atoms with Crippen LogP contribution in [0.2, 0.25) is 0 Å². The number of anilines is 1. The van der Waals surface area contributed by atoms with Crippen LogP contribution in [0.4, 0.5) is 10.1 Å². The van der Waals surface area contributed by atoms with Gasteiger partial charge in [-0.1, -0.05) is 49.4 Å². The number of rotatable bonds is 5. The van der Waals surface area contributed by atoms with Crippen LogP contribution < -0.4 is 10.1 Å². The second kappa shape index (κ2) is 13.4. The van der Waals surface area contributed by atoms with Gasteiger partial charge in [0.2, 0.25) is 5.91 Å². The second-order valence-corrected chi connectivity index (χ2v) is 10.5. The van der Waals surface area contributed by atoms with Gasteiger partial charge >= 0.3 is 0 Å². The number of ether oxygens (including phenoxy) is 2. The molecule has 1 N–H and O–H groups in total. The maximum absolute atomic E-state index is 14.6. The van der Waals surface area contributed by atoms with Crippen LogP contribution in [0.25, 0.3) is 0 Å². The number of nitrogens with zero attached hydrogens (tertiary/aromatic N) is 2. The standard InChI is InChI=1S/C32H36FN3O5/c1-21-18-36(32(39)25-12-8-9-13-27(25)33)22(2)20-41-28-17-24(34-30(37)16-23-10-6-5-7-11-23)14-15-26(28)31(38)35(3)19-29(21)40-4/h5-15,17,21-22,29H,16,18-20H2,1-4H3,(H,34,37)/t21-,22+,29-/m0/s1. The number of amides is 3. The second-order valence-electron chi connectivity index (χ2n) is 10.5. The van der Waals surface area contributed by atoms with Crippen LogP contribution in [-0.4, -0.2) is 73.5 Å². The summed E-state index contributed by atoms with van der Waals surface area (Å²) < 4.78 is 26.5. The number of hydrogen-bond acceptors (Lipinski definition) is 5. The van der Waals surface area contributed by atoms with E-state index in [0.29, 0.717) is 11.3 Å². The number of benzene rings is 3. The topological polar surface area (TPSA) is 88.2 Å². The van der Waals surface area contributed by atoms with Crippen LogP contribution in [0.5, 0.6) is 5.75 Å². The van der Waals surface area contributed by atoms with Crippen LogP contribution in [0.15, 0.2) is 72.8 Å².